The van der Waals surface area contributed by atoms with Crippen LogP contribution >= 0.6 is 0 Å². The Balaban J connectivity index is 1.98. The summed E-state index contributed by atoms with van der Waals surface area (Å²) in [5.74, 6) is -0.306. The summed E-state index contributed by atoms with van der Waals surface area (Å²) in [7, 11) is 1.83. The smallest absolute Gasteiger partial charge is 0.343 e. The van der Waals surface area contributed by atoms with Crippen molar-refractivity contribution in [2.24, 2.45) is 0 Å². The molecule has 1 aliphatic rings. The molecule has 126 valence electrons. The number of rotatable bonds is 4. The van der Waals surface area contributed by atoms with Crippen molar-refractivity contribution in [1.82, 2.24) is 29.8 Å². The summed E-state index contributed by atoms with van der Waals surface area (Å²) >= 11 is 0. The van der Waals surface area contributed by atoms with Crippen molar-refractivity contribution >= 4 is 5.95 Å². The maximum atomic E-state index is 13.2. The van der Waals surface area contributed by atoms with Gasteiger partial charge < -0.3 is 9.47 Å². The molecule has 10 heteroatoms. The third kappa shape index (κ3) is 2.89. The molecule has 3 rings (SSSR count). The molecule has 0 saturated carbocycles. The summed E-state index contributed by atoms with van der Waals surface area (Å²) in [5.41, 5.74) is 1.04. The molecule has 23 heavy (non-hydrogen) atoms. The topological polar surface area (TPSA) is 64.7 Å². The molecule has 0 fully saturated rings. The van der Waals surface area contributed by atoms with Gasteiger partial charge in [-0.3, -0.25) is 0 Å². The van der Waals surface area contributed by atoms with Crippen molar-refractivity contribution in [2.75, 3.05) is 18.5 Å². The quantitative estimate of drug-likeness (QED) is 0.855. The second kappa shape index (κ2) is 5.82. The van der Waals surface area contributed by atoms with Crippen LogP contribution in [-0.2, 0) is 25.7 Å². The Kier molecular flexibility index (Phi) is 3.99. The molecule has 2 aromatic heterocycles. The molecule has 0 atom stereocenters. The normalized spacial score (nSPS) is 14.8. The van der Waals surface area contributed by atoms with Gasteiger partial charge >= 0.3 is 6.18 Å². The van der Waals surface area contributed by atoms with Crippen LogP contribution < -0.4 is 4.90 Å². The van der Waals surface area contributed by atoms with Gasteiger partial charge in [0.2, 0.25) is 11.8 Å². The third-order valence-corrected chi connectivity index (χ3v) is 4.08. The number of alkyl halides is 3. The molecule has 0 unspecified atom stereocenters. The Hall–Kier alpha value is -2.13. The highest BCUT2D eigenvalue weighted by molar-refractivity contribution is 5.28. The maximum absolute atomic E-state index is 13.2. The van der Waals surface area contributed by atoms with Crippen LogP contribution in [0.15, 0.2) is 0 Å². The van der Waals surface area contributed by atoms with Gasteiger partial charge in [-0.25, -0.2) is 9.67 Å². The molecular weight excluding hydrogens is 311 g/mol. The van der Waals surface area contributed by atoms with E-state index in [2.05, 4.69) is 20.5 Å². The fraction of sp³-hybridized carbons (Fsp3) is 0.692. The van der Waals surface area contributed by atoms with Crippen LogP contribution in [0.4, 0.5) is 19.1 Å². The largest absolute Gasteiger partial charge is 0.449 e. The van der Waals surface area contributed by atoms with Gasteiger partial charge in [0.25, 0.3) is 0 Å². The lowest BCUT2D eigenvalue weighted by atomic mass is 10.1. The predicted molar refractivity (Wildman–Crippen MR) is 76.0 cm³/mol. The molecule has 1 aliphatic heterocycles. The van der Waals surface area contributed by atoms with E-state index in [4.69, 9.17) is 0 Å². The molecule has 0 spiro atoms. The van der Waals surface area contributed by atoms with E-state index in [1.54, 1.807) is 0 Å². The van der Waals surface area contributed by atoms with Gasteiger partial charge in [-0.2, -0.15) is 13.2 Å². The van der Waals surface area contributed by atoms with Crippen LogP contribution in [0.5, 0.6) is 0 Å². The Morgan fingerprint density at radius 3 is 2.74 bits per heavy atom. The average molecular weight is 329 g/mol. The first-order chi connectivity index (χ1) is 10.9. The van der Waals surface area contributed by atoms with Crippen LogP contribution in [-0.4, -0.2) is 43.4 Å². The fourth-order valence-corrected chi connectivity index (χ4v) is 2.82. The lowest BCUT2D eigenvalue weighted by Crippen LogP contribution is -2.22. The number of fused-ring (bicyclic) bond motifs is 1. The first-order valence-corrected chi connectivity index (χ1v) is 7.54. The number of anilines is 1. The molecule has 0 bridgehead atoms. The minimum absolute atomic E-state index is 0.137. The standard InChI is InChI=1S/C13H18F3N7/c1-3-21(2)12-18-19-20-23(12)8-9-10-6-4-5-7-22(10)11(17-9)13(14,15)16/h3-8H2,1-2H3. The van der Waals surface area contributed by atoms with E-state index in [-0.39, 0.29) is 6.54 Å². The average Bonchev–Trinajstić information content (AvgIpc) is 3.12. The minimum Gasteiger partial charge on any atom is -0.343 e. The zero-order valence-corrected chi connectivity index (χ0v) is 13.0. The van der Waals surface area contributed by atoms with E-state index >= 15 is 0 Å². The van der Waals surface area contributed by atoms with Crippen molar-refractivity contribution in [2.45, 2.75) is 45.5 Å². The Bertz CT molecular complexity index is 688. The minimum atomic E-state index is -4.45. The van der Waals surface area contributed by atoms with E-state index in [1.807, 2.05) is 18.9 Å². The SMILES string of the molecule is CCN(C)c1nnnn1Cc1nc(C(F)(F)F)n2c1CCCC2. The number of nitrogens with zero attached hydrogens (tertiary/aromatic N) is 7. The predicted octanol–water partition coefficient (Wildman–Crippen LogP) is 1.73. The lowest BCUT2D eigenvalue weighted by Gasteiger charge is -2.18. The zero-order chi connectivity index (χ0) is 16.6. The molecule has 0 amide bonds. The summed E-state index contributed by atoms with van der Waals surface area (Å²) in [6.07, 6.45) is -2.25. The lowest BCUT2D eigenvalue weighted by molar-refractivity contribution is -0.147. The number of hydrogen-bond donors (Lipinski definition) is 0. The van der Waals surface area contributed by atoms with E-state index in [0.29, 0.717) is 36.8 Å². The van der Waals surface area contributed by atoms with Crippen LogP contribution in [0.3, 0.4) is 0 Å². The number of halogens is 3. The molecule has 3 heterocycles. The highest BCUT2D eigenvalue weighted by atomic mass is 19.4. The van der Waals surface area contributed by atoms with Gasteiger partial charge in [0.15, 0.2) is 0 Å². The van der Waals surface area contributed by atoms with Crippen molar-refractivity contribution in [3.63, 3.8) is 0 Å². The summed E-state index contributed by atoms with van der Waals surface area (Å²) in [6.45, 7) is 3.13. The van der Waals surface area contributed by atoms with Crippen LogP contribution in [0.25, 0.3) is 0 Å². The van der Waals surface area contributed by atoms with Gasteiger partial charge in [-0.15, -0.1) is 0 Å². The van der Waals surface area contributed by atoms with Crippen LogP contribution in [0, 0.1) is 0 Å². The highest BCUT2D eigenvalue weighted by Gasteiger charge is 2.39. The molecule has 7 nitrogen and oxygen atoms in total. The summed E-state index contributed by atoms with van der Waals surface area (Å²) in [6, 6.07) is 0. The second-order valence-corrected chi connectivity index (χ2v) is 5.59. The number of tetrazole rings is 1. The van der Waals surface area contributed by atoms with Crippen molar-refractivity contribution in [1.29, 1.82) is 0 Å². The Morgan fingerprint density at radius 2 is 2.04 bits per heavy atom. The highest BCUT2D eigenvalue weighted by Crippen LogP contribution is 2.33. The molecule has 0 N–H and O–H groups in total. The third-order valence-electron chi connectivity index (χ3n) is 4.08. The van der Waals surface area contributed by atoms with Gasteiger partial charge in [0, 0.05) is 25.8 Å². The van der Waals surface area contributed by atoms with Gasteiger partial charge in [-0.05, 0) is 36.6 Å². The number of hydrogen-bond acceptors (Lipinski definition) is 5. The molecule has 0 aromatic carbocycles. The van der Waals surface area contributed by atoms with Crippen molar-refractivity contribution in [3.05, 3.63) is 17.2 Å². The maximum Gasteiger partial charge on any atom is 0.449 e. The van der Waals surface area contributed by atoms with E-state index in [0.717, 1.165) is 12.8 Å². The van der Waals surface area contributed by atoms with Gasteiger partial charge in [0.05, 0.1) is 12.2 Å². The van der Waals surface area contributed by atoms with Crippen LogP contribution in [0.1, 0.15) is 37.0 Å². The van der Waals surface area contributed by atoms with Crippen molar-refractivity contribution < 1.29 is 13.2 Å². The Labute approximate surface area is 131 Å². The molecule has 0 radical (unpaired) electrons. The van der Waals surface area contributed by atoms with E-state index < -0.39 is 12.0 Å². The van der Waals surface area contributed by atoms with Gasteiger partial charge in [-0.1, -0.05) is 5.10 Å². The summed E-state index contributed by atoms with van der Waals surface area (Å²) in [4.78, 5) is 5.69. The Morgan fingerprint density at radius 1 is 1.26 bits per heavy atom. The second-order valence-electron chi connectivity index (χ2n) is 5.59. The number of imidazole rings is 1. The summed E-state index contributed by atoms with van der Waals surface area (Å²) < 4.78 is 42.4. The van der Waals surface area contributed by atoms with Gasteiger partial charge in [0.1, 0.15) is 0 Å². The van der Waals surface area contributed by atoms with E-state index in [1.165, 1.54) is 9.25 Å². The molecule has 0 saturated heterocycles. The molecular formula is C13H18F3N7. The zero-order valence-electron chi connectivity index (χ0n) is 13.0. The fourth-order valence-electron chi connectivity index (χ4n) is 2.82. The molecule has 2 aromatic rings. The summed E-state index contributed by atoms with van der Waals surface area (Å²) in [5, 5.41) is 11.4. The number of aromatic nitrogens is 6. The monoisotopic (exact) mass is 329 g/mol. The van der Waals surface area contributed by atoms with Crippen LogP contribution in [0.2, 0.25) is 0 Å². The molecule has 0 aliphatic carbocycles. The first-order valence-electron chi connectivity index (χ1n) is 7.54. The van der Waals surface area contributed by atoms with Crippen molar-refractivity contribution in [3.8, 4) is 0 Å². The first kappa shape index (κ1) is 15.8. The van der Waals surface area contributed by atoms with E-state index in [9.17, 15) is 13.2 Å².